The molecule has 0 spiro atoms. The Kier molecular flexibility index (Phi) is 6.01. The van der Waals surface area contributed by atoms with Gasteiger partial charge in [-0.05, 0) is 56.5 Å². The van der Waals surface area contributed by atoms with Crippen molar-refractivity contribution in [2.45, 2.75) is 32.8 Å². The average Bonchev–Trinajstić information content (AvgIpc) is 3.10. The summed E-state index contributed by atoms with van der Waals surface area (Å²) in [5.74, 6) is 1.58. The van der Waals surface area contributed by atoms with Gasteiger partial charge in [0.15, 0.2) is 17.1 Å². The molecule has 1 N–H and O–H groups in total. The second-order valence-corrected chi connectivity index (χ2v) is 6.66. The number of para-hydroxylation sites is 1. The Bertz CT molecular complexity index is 896. The van der Waals surface area contributed by atoms with Gasteiger partial charge in [0.1, 0.15) is 5.75 Å². The molecule has 1 amide bonds. The summed E-state index contributed by atoms with van der Waals surface area (Å²) in [7, 11) is 1.58. The van der Waals surface area contributed by atoms with Gasteiger partial charge in [-0.1, -0.05) is 24.3 Å². The van der Waals surface area contributed by atoms with Crippen LogP contribution < -0.4 is 14.8 Å². The van der Waals surface area contributed by atoms with Gasteiger partial charge in [0.2, 0.25) is 0 Å². The number of hydrogen-bond donors (Lipinski definition) is 1. The molecular formula is C22H25NO4. The molecule has 1 aromatic heterocycles. The highest BCUT2D eigenvalue weighted by molar-refractivity contribution is 5.97. The van der Waals surface area contributed by atoms with Crippen molar-refractivity contribution in [2.75, 3.05) is 13.7 Å². The molecule has 5 heteroatoms. The number of ether oxygens (including phenoxy) is 2. The smallest absolute Gasteiger partial charge is 0.287 e. The van der Waals surface area contributed by atoms with Gasteiger partial charge in [-0.3, -0.25) is 4.79 Å². The zero-order valence-electron chi connectivity index (χ0n) is 16.0. The molecule has 0 unspecified atom stereocenters. The summed E-state index contributed by atoms with van der Waals surface area (Å²) in [5, 5.41) is 3.76. The first-order valence-electron chi connectivity index (χ1n) is 9.17. The summed E-state index contributed by atoms with van der Waals surface area (Å²) in [5.41, 5.74) is 1.81. The van der Waals surface area contributed by atoms with E-state index in [2.05, 4.69) is 17.4 Å². The maximum absolute atomic E-state index is 12.3. The minimum absolute atomic E-state index is 0.171. The molecule has 0 aliphatic heterocycles. The monoisotopic (exact) mass is 367 g/mol. The van der Waals surface area contributed by atoms with Crippen LogP contribution >= 0.6 is 0 Å². The molecule has 0 radical (unpaired) electrons. The van der Waals surface area contributed by atoms with Crippen molar-refractivity contribution in [2.24, 2.45) is 0 Å². The third kappa shape index (κ3) is 4.82. The first-order chi connectivity index (χ1) is 13.1. The van der Waals surface area contributed by atoms with Gasteiger partial charge in [-0.15, -0.1) is 0 Å². The van der Waals surface area contributed by atoms with E-state index in [-0.39, 0.29) is 12.0 Å². The van der Waals surface area contributed by atoms with Crippen molar-refractivity contribution in [1.29, 1.82) is 0 Å². The largest absolute Gasteiger partial charge is 0.493 e. The third-order valence-electron chi connectivity index (χ3n) is 4.17. The number of carbonyl (C=O) groups excluding carboxylic acids is 1. The number of furan rings is 1. The van der Waals surface area contributed by atoms with Crippen LogP contribution in [0.3, 0.4) is 0 Å². The maximum Gasteiger partial charge on any atom is 0.287 e. The van der Waals surface area contributed by atoms with Gasteiger partial charge in [-0.2, -0.15) is 0 Å². The van der Waals surface area contributed by atoms with Crippen molar-refractivity contribution in [1.82, 2.24) is 5.32 Å². The Morgan fingerprint density at radius 1 is 1.15 bits per heavy atom. The minimum Gasteiger partial charge on any atom is -0.493 e. The molecule has 0 saturated heterocycles. The van der Waals surface area contributed by atoms with Crippen LogP contribution in [0.25, 0.3) is 11.0 Å². The second kappa shape index (κ2) is 8.62. The van der Waals surface area contributed by atoms with E-state index >= 15 is 0 Å². The fraction of sp³-hybridized carbons (Fsp3) is 0.318. The summed E-state index contributed by atoms with van der Waals surface area (Å²) < 4.78 is 16.6. The number of fused-ring (bicyclic) bond motifs is 1. The molecule has 3 aromatic rings. The van der Waals surface area contributed by atoms with Crippen molar-refractivity contribution >= 4 is 16.9 Å². The van der Waals surface area contributed by atoms with Gasteiger partial charge in [-0.25, -0.2) is 0 Å². The molecule has 1 heterocycles. The Labute approximate surface area is 159 Å². The second-order valence-electron chi connectivity index (χ2n) is 6.66. The molecular weight excluding hydrogens is 342 g/mol. The summed E-state index contributed by atoms with van der Waals surface area (Å²) in [6.07, 6.45) is 1.90. The van der Waals surface area contributed by atoms with E-state index < -0.39 is 0 Å². The normalized spacial score (nSPS) is 11.0. The maximum atomic E-state index is 12.3. The fourth-order valence-electron chi connectivity index (χ4n) is 2.90. The van der Waals surface area contributed by atoms with Crippen LogP contribution in [-0.4, -0.2) is 25.7 Å². The van der Waals surface area contributed by atoms with Crippen molar-refractivity contribution in [3.05, 3.63) is 59.9 Å². The van der Waals surface area contributed by atoms with Crippen LogP contribution in [0.2, 0.25) is 0 Å². The van der Waals surface area contributed by atoms with E-state index in [0.717, 1.165) is 24.0 Å². The molecule has 3 rings (SSSR count). The van der Waals surface area contributed by atoms with Crippen molar-refractivity contribution in [3.8, 4) is 11.5 Å². The average molecular weight is 367 g/mol. The Morgan fingerprint density at radius 2 is 1.93 bits per heavy atom. The van der Waals surface area contributed by atoms with E-state index in [1.165, 1.54) is 5.56 Å². The number of methoxy groups -OCH3 is 1. The topological polar surface area (TPSA) is 60.7 Å². The van der Waals surface area contributed by atoms with E-state index in [4.69, 9.17) is 13.9 Å². The number of nitrogens with one attached hydrogen (secondary N) is 1. The highest BCUT2D eigenvalue weighted by atomic mass is 16.5. The standard InChI is InChI=1S/C22H25NO4/c1-15(2)26-18-11-9-16(10-12-18)6-5-13-23-22(24)20-14-17-7-4-8-19(25-3)21(17)27-20/h4,7-12,14-15H,5-6,13H2,1-3H3,(H,23,24). The molecule has 2 aromatic carbocycles. The Balaban J connectivity index is 1.50. The lowest BCUT2D eigenvalue weighted by atomic mass is 10.1. The van der Waals surface area contributed by atoms with E-state index in [9.17, 15) is 4.79 Å². The van der Waals surface area contributed by atoms with Crippen molar-refractivity contribution < 1.29 is 18.7 Å². The molecule has 27 heavy (non-hydrogen) atoms. The first kappa shape index (κ1) is 18.8. The van der Waals surface area contributed by atoms with E-state index in [0.29, 0.717) is 23.6 Å². The number of rotatable bonds is 8. The highest BCUT2D eigenvalue weighted by Gasteiger charge is 2.14. The zero-order chi connectivity index (χ0) is 19.2. The number of hydrogen-bond acceptors (Lipinski definition) is 4. The quantitative estimate of drug-likeness (QED) is 0.592. The predicted molar refractivity (Wildman–Crippen MR) is 106 cm³/mol. The van der Waals surface area contributed by atoms with Crippen LogP contribution in [0, 0.1) is 0 Å². The summed E-state index contributed by atoms with van der Waals surface area (Å²) in [6, 6.07) is 15.4. The Morgan fingerprint density at radius 3 is 2.63 bits per heavy atom. The predicted octanol–water partition coefficient (Wildman–Crippen LogP) is 4.59. The number of amides is 1. The molecule has 0 saturated carbocycles. The van der Waals surface area contributed by atoms with Crippen molar-refractivity contribution in [3.63, 3.8) is 0 Å². The lowest BCUT2D eigenvalue weighted by molar-refractivity contribution is 0.0927. The SMILES string of the molecule is COc1cccc2cc(C(=O)NCCCc3ccc(OC(C)C)cc3)oc12. The molecule has 142 valence electrons. The van der Waals surface area contributed by atoms with Crippen LogP contribution in [0.1, 0.15) is 36.4 Å². The molecule has 0 atom stereocenters. The number of carbonyl (C=O) groups is 1. The van der Waals surface area contributed by atoms with Gasteiger partial charge < -0.3 is 19.2 Å². The molecule has 5 nitrogen and oxygen atoms in total. The zero-order valence-corrected chi connectivity index (χ0v) is 16.0. The van der Waals surface area contributed by atoms with Crippen LogP contribution in [-0.2, 0) is 6.42 Å². The fourth-order valence-corrected chi connectivity index (χ4v) is 2.90. The minimum atomic E-state index is -0.214. The highest BCUT2D eigenvalue weighted by Crippen LogP contribution is 2.28. The van der Waals surface area contributed by atoms with E-state index in [1.54, 1.807) is 13.2 Å². The number of benzene rings is 2. The van der Waals surface area contributed by atoms with Crippen LogP contribution in [0.15, 0.2) is 52.9 Å². The third-order valence-corrected chi connectivity index (χ3v) is 4.17. The van der Waals surface area contributed by atoms with Gasteiger partial charge in [0.25, 0.3) is 5.91 Å². The summed E-state index contributed by atoms with van der Waals surface area (Å²) in [6.45, 7) is 4.60. The summed E-state index contributed by atoms with van der Waals surface area (Å²) >= 11 is 0. The van der Waals surface area contributed by atoms with Gasteiger partial charge in [0.05, 0.1) is 13.2 Å². The van der Waals surface area contributed by atoms with Gasteiger partial charge in [0, 0.05) is 11.9 Å². The summed E-state index contributed by atoms with van der Waals surface area (Å²) in [4.78, 5) is 12.3. The number of aryl methyl sites for hydroxylation is 1. The molecule has 0 aliphatic rings. The van der Waals surface area contributed by atoms with Crippen LogP contribution in [0.4, 0.5) is 0 Å². The van der Waals surface area contributed by atoms with Gasteiger partial charge >= 0.3 is 0 Å². The van der Waals surface area contributed by atoms with E-state index in [1.807, 2.05) is 44.2 Å². The molecule has 0 bridgehead atoms. The Hall–Kier alpha value is -2.95. The molecule has 0 fully saturated rings. The lowest BCUT2D eigenvalue weighted by Crippen LogP contribution is -2.24. The van der Waals surface area contributed by atoms with Crippen LogP contribution in [0.5, 0.6) is 11.5 Å². The first-order valence-corrected chi connectivity index (χ1v) is 9.17. The lowest BCUT2D eigenvalue weighted by Gasteiger charge is -2.10. The molecule has 0 aliphatic carbocycles.